The molecule has 0 radical (unpaired) electrons. The number of aliphatic hydroxyl groups excluding tert-OH is 1. The van der Waals surface area contributed by atoms with Crippen LogP contribution in [0.15, 0.2) is 36.7 Å². The minimum Gasteiger partial charge on any atom is -0.392 e. The van der Waals surface area contributed by atoms with E-state index in [4.69, 9.17) is 0 Å². The van der Waals surface area contributed by atoms with Crippen molar-refractivity contribution in [3.05, 3.63) is 47.8 Å². The summed E-state index contributed by atoms with van der Waals surface area (Å²) in [4.78, 5) is 9.11. The van der Waals surface area contributed by atoms with Gasteiger partial charge in [-0.1, -0.05) is 18.9 Å². The van der Waals surface area contributed by atoms with Gasteiger partial charge in [-0.15, -0.1) is 0 Å². The highest BCUT2D eigenvalue weighted by atomic mass is 19.1. The molecule has 3 aromatic rings. The molecule has 0 aromatic carbocycles. The Morgan fingerprint density at radius 2 is 2.07 bits per heavy atom. The molecule has 1 saturated carbocycles. The summed E-state index contributed by atoms with van der Waals surface area (Å²) in [5.74, 6) is 0.640. The van der Waals surface area contributed by atoms with E-state index in [-0.39, 0.29) is 12.6 Å². The number of imidazole rings is 1. The van der Waals surface area contributed by atoms with Crippen LogP contribution in [-0.2, 0) is 12.2 Å². The zero-order valence-electron chi connectivity index (χ0n) is 16.8. The monoisotopic (exact) mass is 398 g/mol. The highest BCUT2D eigenvalue weighted by molar-refractivity contribution is 5.63. The fraction of sp³-hybridized carbons (Fsp3) is 0.455. The number of hydrogen-bond donors (Lipinski definition) is 3. The van der Waals surface area contributed by atoms with Crippen molar-refractivity contribution in [3.63, 3.8) is 0 Å². The van der Waals surface area contributed by atoms with Crippen molar-refractivity contribution in [2.24, 2.45) is 0 Å². The van der Waals surface area contributed by atoms with Crippen LogP contribution in [0.25, 0.3) is 17.0 Å². The number of fused-ring (bicyclic) bond motifs is 1. The van der Waals surface area contributed by atoms with Gasteiger partial charge in [0.2, 0.25) is 0 Å². The van der Waals surface area contributed by atoms with Crippen molar-refractivity contribution < 1.29 is 14.6 Å². The number of aliphatic hydroxyl groups is 2. The van der Waals surface area contributed by atoms with Crippen LogP contribution in [0.1, 0.15) is 50.7 Å². The molecule has 154 valence electrons. The second-order valence-corrected chi connectivity index (χ2v) is 8.26. The molecule has 0 aliphatic heterocycles. The third kappa shape index (κ3) is 3.97. The first-order valence-corrected chi connectivity index (χ1v) is 10.1. The quantitative estimate of drug-likeness (QED) is 0.609. The minimum absolute atomic E-state index is 0.179. The number of hydrogen-bond acceptors (Lipinski definition) is 5. The van der Waals surface area contributed by atoms with E-state index in [1.165, 1.54) is 0 Å². The maximum Gasteiger partial charge on any atom is 0.137 e. The van der Waals surface area contributed by atoms with Crippen molar-refractivity contribution >= 4 is 11.5 Å². The number of anilines is 1. The molecular weight excluding hydrogens is 371 g/mol. The Bertz CT molecular complexity index is 1010. The van der Waals surface area contributed by atoms with E-state index < -0.39 is 11.8 Å². The Balaban J connectivity index is 1.71. The Kier molecular flexibility index (Phi) is 5.27. The highest BCUT2D eigenvalue weighted by Crippen LogP contribution is 2.29. The lowest BCUT2D eigenvalue weighted by Crippen LogP contribution is -2.33. The third-order valence-corrected chi connectivity index (χ3v) is 5.59. The van der Waals surface area contributed by atoms with Crippen LogP contribution in [0, 0.1) is 0 Å². The number of pyridine rings is 2. The van der Waals surface area contributed by atoms with Gasteiger partial charge < -0.3 is 15.5 Å². The molecule has 3 heterocycles. The second-order valence-electron chi connectivity index (χ2n) is 8.26. The van der Waals surface area contributed by atoms with E-state index in [0.29, 0.717) is 34.7 Å². The summed E-state index contributed by atoms with van der Waals surface area (Å²) in [6.07, 6.45) is 6.03. The largest absolute Gasteiger partial charge is 0.392 e. The van der Waals surface area contributed by atoms with Crippen LogP contribution in [-0.4, -0.2) is 36.8 Å². The summed E-state index contributed by atoms with van der Waals surface area (Å²) in [6, 6.07) is 7.18. The van der Waals surface area contributed by atoms with Gasteiger partial charge in [-0.3, -0.25) is 4.40 Å². The summed E-state index contributed by atoms with van der Waals surface area (Å²) in [6.45, 7) is 3.19. The molecule has 7 heteroatoms. The SMILES string of the molecule is CC(C)(O)c1cn2c(-c3cccc(N[C@H]4CCCC[C@@H]4F)n3)cnc2cc1CO. The number of nitrogens with zero attached hydrogens (tertiary/aromatic N) is 3. The zero-order chi connectivity index (χ0) is 20.6. The Hall–Kier alpha value is -2.51. The van der Waals surface area contributed by atoms with Gasteiger partial charge in [-0.25, -0.2) is 14.4 Å². The number of nitrogens with one attached hydrogen (secondary N) is 1. The minimum atomic E-state index is -1.11. The first kappa shape index (κ1) is 19.8. The van der Waals surface area contributed by atoms with Gasteiger partial charge in [0, 0.05) is 11.8 Å². The summed E-state index contributed by atoms with van der Waals surface area (Å²) in [5, 5.41) is 23.4. The first-order valence-electron chi connectivity index (χ1n) is 10.1. The molecule has 1 fully saturated rings. The number of halogens is 1. The zero-order valence-corrected chi connectivity index (χ0v) is 16.8. The molecule has 4 rings (SSSR count). The summed E-state index contributed by atoms with van der Waals surface area (Å²) < 4.78 is 16.1. The lowest BCUT2D eigenvalue weighted by molar-refractivity contribution is 0.0755. The number of aromatic nitrogens is 3. The van der Waals surface area contributed by atoms with Gasteiger partial charge in [0.15, 0.2) is 0 Å². The van der Waals surface area contributed by atoms with E-state index in [1.54, 1.807) is 32.3 Å². The van der Waals surface area contributed by atoms with Crippen molar-refractivity contribution in [3.8, 4) is 11.4 Å². The van der Waals surface area contributed by atoms with Crippen molar-refractivity contribution in [1.29, 1.82) is 0 Å². The molecule has 3 N–H and O–H groups in total. The third-order valence-electron chi connectivity index (χ3n) is 5.59. The van der Waals surface area contributed by atoms with Gasteiger partial charge in [0.1, 0.15) is 17.6 Å². The van der Waals surface area contributed by atoms with E-state index in [2.05, 4.69) is 15.3 Å². The molecular formula is C22H27FN4O2. The summed E-state index contributed by atoms with van der Waals surface area (Å²) >= 11 is 0. The van der Waals surface area contributed by atoms with E-state index in [0.717, 1.165) is 25.0 Å². The standard InChI is InChI=1S/C22H27FN4O2/c1-22(2,29)15-12-27-19(11-24-21(27)10-14(15)13-28)18-8-5-9-20(26-18)25-17-7-4-3-6-16(17)23/h5,8-12,16-17,28-29H,3-4,6-7,13H2,1-2H3,(H,25,26)/t16-,17-/m0/s1. The first-order chi connectivity index (χ1) is 13.9. The van der Waals surface area contributed by atoms with Crippen LogP contribution < -0.4 is 5.32 Å². The molecule has 29 heavy (non-hydrogen) atoms. The molecule has 1 aliphatic carbocycles. The van der Waals surface area contributed by atoms with Gasteiger partial charge >= 0.3 is 0 Å². The maximum atomic E-state index is 14.2. The number of rotatable bonds is 5. The lowest BCUT2D eigenvalue weighted by atomic mass is 9.94. The average molecular weight is 398 g/mol. The average Bonchev–Trinajstić information content (AvgIpc) is 3.11. The maximum absolute atomic E-state index is 14.2. The second kappa shape index (κ2) is 7.72. The Morgan fingerprint density at radius 1 is 1.28 bits per heavy atom. The fourth-order valence-electron chi connectivity index (χ4n) is 4.03. The Labute approximate surface area is 169 Å². The summed E-state index contributed by atoms with van der Waals surface area (Å²) in [5.41, 5.74) is 2.28. The van der Waals surface area contributed by atoms with E-state index in [9.17, 15) is 14.6 Å². The predicted molar refractivity (Wildman–Crippen MR) is 110 cm³/mol. The summed E-state index contributed by atoms with van der Waals surface area (Å²) in [7, 11) is 0. The van der Waals surface area contributed by atoms with Gasteiger partial charge in [0.25, 0.3) is 0 Å². The van der Waals surface area contributed by atoms with Crippen LogP contribution in [0.2, 0.25) is 0 Å². The van der Waals surface area contributed by atoms with Crippen LogP contribution in [0.4, 0.5) is 10.2 Å². The molecule has 0 spiro atoms. The molecule has 0 bridgehead atoms. The normalized spacial score (nSPS) is 20.2. The fourth-order valence-corrected chi connectivity index (χ4v) is 4.03. The van der Waals surface area contributed by atoms with E-state index >= 15 is 0 Å². The molecule has 3 aromatic heterocycles. The highest BCUT2D eigenvalue weighted by Gasteiger charge is 2.25. The number of alkyl halides is 1. The lowest BCUT2D eigenvalue weighted by Gasteiger charge is -2.27. The molecule has 0 amide bonds. The molecule has 0 unspecified atom stereocenters. The molecule has 0 saturated heterocycles. The van der Waals surface area contributed by atoms with Crippen molar-refractivity contribution in [2.75, 3.05) is 5.32 Å². The topological polar surface area (TPSA) is 82.7 Å². The predicted octanol–water partition coefficient (Wildman–Crippen LogP) is 3.81. The van der Waals surface area contributed by atoms with Gasteiger partial charge in [0.05, 0.1) is 35.8 Å². The molecule has 2 atom stereocenters. The van der Waals surface area contributed by atoms with Crippen molar-refractivity contribution in [1.82, 2.24) is 14.4 Å². The molecule has 1 aliphatic rings. The van der Waals surface area contributed by atoms with Crippen LogP contribution in [0.3, 0.4) is 0 Å². The van der Waals surface area contributed by atoms with Crippen molar-refractivity contribution in [2.45, 2.75) is 64.0 Å². The van der Waals surface area contributed by atoms with Gasteiger partial charge in [-0.2, -0.15) is 0 Å². The van der Waals surface area contributed by atoms with Crippen LogP contribution in [0.5, 0.6) is 0 Å². The smallest absolute Gasteiger partial charge is 0.137 e. The van der Waals surface area contributed by atoms with Crippen LogP contribution >= 0.6 is 0 Å². The van der Waals surface area contributed by atoms with Gasteiger partial charge in [-0.05, 0) is 50.5 Å². The molecule has 6 nitrogen and oxygen atoms in total. The Morgan fingerprint density at radius 3 is 2.79 bits per heavy atom. The van der Waals surface area contributed by atoms with E-state index in [1.807, 2.05) is 22.6 Å².